The lowest BCUT2D eigenvalue weighted by Gasteiger charge is -2.35. The summed E-state index contributed by atoms with van der Waals surface area (Å²) in [5.41, 5.74) is -0.0768. The zero-order chi connectivity index (χ0) is 22.4. The molecule has 0 bridgehead atoms. The standard InChI is InChI=1S/C21H24F3N3O4/c1-29-17-5-3-14(11-18(17)30-2)16(27-7-9-31-10-8-27)13-26-20(28)15-4-6-19(25-12-15)21(22,23)24/h3-6,11-12,16H,7-10,13H2,1-2H3,(H,26,28)/t16-/m1/s1. The number of nitrogens with zero attached hydrogens (tertiary/aromatic N) is 2. The number of morpholine rings is 1. The molecule has 1 amide bonds. The molecule has 1 aromatic carbocycles. The molecule has 3 rings (SSSR count). The van der Waals surface area contributed by atoms with E-state index in [0.717, 1.165) is 23.9 Å². The molecule has 1 N–H and O–H groups in total. The number of methoxy groups -OCH3 is 2. The van der Waals surface area contributed by atoms with Crippen LogP contribution in [0.3, 0.4) is 0 Å². The molecule has 1 aliphatic heterocycles. The summed E-state index contributed by atoms with van der Waals surface area (Å²) in [6, 6.07) is 7.27. The Morgan fingerprint density at radius 1 is 1.16 bits per heavy atom. The number of carbonyl (C=O) groups excluding carboxylic acids is 1. The van der Waals surface area contributed by atoms with E-state index in [1.165, 1.54) is 0 Å². The number of hydrogen-bond acceptors (Lipinski definition) is 6. The lowest BCUT2D eigenvalue weighted by molar-refractivity contribution is -0.141. The number of amides is 1. The summed E-state index contributed by atoms with van der Waals surface area (Å²) in [4.78, 5) is 18.0. The largest absolute Gasteiger partial charge is 0.493 e. The van der Waals surface area contributed by atoms with Gasteiger partial charge in [0.1, 0.15) is 5.69 Å². The number of halogens is 3. The van der Waals surface area contributed by atoms with E-state index in [0.29, 0.717) is 37.8 Å². The summed E-state index contributed by atoms with van der Waals surface area (Å²) < 4.78 is 54.2. The van der Waals surface area contributed by atoms with E-state index in [-0.39, 0.29) is 18.2 Å². The third-order valence-electron chi connectivity index (χ3n) is 5.05. The normalized spacial score (nSPS) is 15.9. The SMILES string of the molecule is COc1ccc([C@@H](CNC(=O)c2ccc(C(F)(F)F)nc2)N2CCOCC2)cc1OC. The molecule has 0 unspecified atom stereocenters. The Kier molecular flexibility index (Phi) is 7.34. The number of benzene rings is 1. The van der Waals surface area contributed by atoms with E-state index in [1.807, 2.05) is 12.1 Å². The zero-order valence-corrected chi connectivity index (χ0v) is 17.2. The number of nitrogens with one attached hydrogen (secondary N) is 1. The van der Waals surface area contributed by atoms with Gasteiger partial charge in [-0.1, -0.05) is 6.07 Å². The molecule has 1 saturated heterocycles. The van der Waals surface area contributed by atoms with Crippen LogP contribution in [-0.2, 0) is 10.9 Å². The predicted molar refractivity (Wildman–Crippen MR) is 106 cm³/mol. The van der Waals surface area contributed by atoms with Gasteiger partial charge < -0.3 is 19.5 Å². The number of ether oxygens (including phenoxy) is 3. The molecule has 1 aliphatic rings. The fraction of sp³-hybridized carbons (Fsp3) is 0.429. The van der Waals surface area contributed by atoms with Crippen molar-refractivity contribution >= 4 is 5.91 Å². The van der Waals surface area contributed by atoms with Crippen LogP contribution < -0.4 is 14.8 Å². The summed E-state index contributed by atoms with van der Waals surface area (Å²) in [7, 11) is 3.10. The third kappa shape index (κ3) is 5.65. The van der Waals surface area contributed by atoms with Crippen molar-refractivity contribution in [2.75, 3.05) is 47.1 Å². The molecule has 0 aliphatic carbocycles. The molecule has 2 heterocycles. The van der Waals surface area contributed by atoms with E-state index in [9.17, 15) is 18.0 Å². The highest BCUT2D eigenvalue weighted by Crippen LogP contribution is 2.32. The second kappa shape index (κ2) is 9.97. The molecule has 10 heteroatoms. The van der Waals surface area contributed by atoms with E-state index in [4.69, 9.17) is 14.2 Å². The zero-order valence-electron chi connectivity index (χ0n) is 17.2. The molecule has 2 aromatic rings. The van der Waals surface area contributed by atoms with Gasteiger partial charge in [0.2, 0.25) is 0 Å². The lowest BCUT2D eigenvalue weighted by Crippen LogP contribution is -2.43. The average Bonchev–Trinajstić information content (AvgIpc) is 2.79. The molecule has 1 atom stereocenters. The first-order valence-electron chi connectivity index (χ1n) is 9.68. The van der Waals surface area contributed by atoms with Gasteiger partial charge >= 0.3 is 6.18 Å². The summed E-state index contributed by atoms with van der Waals surface area (Å²) in [6.45, 7) is 2.74. The van der Waals surface area contributed by atoms with Crippen molar-refractivity contribution in [2.45, 2.75) is 12.2 Å². The molecule has 168 valence electrons. The van der Waals surface area contributed by atoms with Crippen molar-refractivity contribution in [1.82, 2.24) is 15.2 Å². The van der Waals surface area contributed by atoms with Crippen molar-refractivity contribution in [3.63, 3.8) is 0 Å². The van der Waals surface area contributed by atoms with Crippen molar-refractivity contribution < 1.29 is 32.2 Å². The summed E-state index contributed by atoms with van der Waals surface area (Å²) in [5, 5.41) is 2.80. The Balaban J connectivity index is 1.77. The number of pyridine rings is 1. The minimum atomic E-state index is -4.55. The molecule has 31 heavy (non-hydrogen) atoms. The van der Waals surface area contributed by atoms with Gasteiger partial charge in [-0.05, 0) is 29.8 Å². The van der Waals surface area contributed by atoms with Crippen LogP contribution in [0.25, 0.3) is 0 Å². The van der Waals surface area contributed by atoms with E-state index < -0.39 is 17.8 Å². The average molecular weight is 439 g/mol. The van der Waals surface area contributed by atoms with Gasteiger partial charge in [0.25, 0.3) is 5.91 Å². The Hall–Kier alpha value is -2.85. The van der Waals surface area contributed by atoms with E-state index >= 15 is 0 Å². The minimum Gasteiger partial charge on any atom is -0.493 e. The number of hydrogen-bond donors (Lipinski definition) is 1. The van der Waals surface area contributed by atoms with Gasteiger partial charge in [-0.15, -0.1) is 0 Å². The summed E-state index contributed by atoms with van der Waals surface area (Å²) in [6.07, 6.45) is -3.62. The van der Waals surface area contributed by atoms with Gasteiger partial charge in [-0.25, -0.2) is 0 Å². The lowest BCUT2D eigenvalue weighted by atomic mass is 10.0. The van der Waals surface area contributed by atoms with E-state index in [2.05, 4.69) is 15.2 Å². The molecular weight excluding hydrogens is 415 g/mol. The highest BCUT2D eigenvalue weighted by Gasteiger charge is 2.32. The second-order valence-corrected chi connectivity index (χ2v) is 6.92. The predicted octanol–water partition coefficient (Wildman–Crippen LogP) is 2.92. The molecule has 0 radical (unpaired) electrons. The number of alkyl halides is 3. The maximum atomic E-state index is 12.7. The van der Waals surface area contributed by atoms with Gasteiger partial charge in [-0.2, -0.15) is 13.2 Å². The first-order chi connectivity index (χ1) is 14.8. The van der Waals surface area contributed by atoms with Crippen LogP contribution >= 0.6 is 0 Å². The van der Waals surface area contributed by atoms with Crippen LogP contribution in [-0.4, -0.2) is 62.9 Å². The summed E-state index contributed by atoms with van der Waals surface area (Å²) in [5.74, 6) is 0.656. The third-order valence-corrected chi connectivity index (χ3v) is 5.05. The smallest absolute Gasteiger partial charge is 0.433 e. The van der Waals surface area contributed by atoms with Gasteiger partial charge in [-0.3, -0.25) is 14.7 Å². The highest BCUT2D eigenvalue weighted by molar-refractivity contribution is 5.93. The fourth-order valence-corrected chi connectivity index (χ4v) is 3.39. The monoisotopic (exact) mass is 439 g/mol. The van der Waals surface area contributed by atoms with Crippen LogP contribution in [0.2, 0.25) is 0 Å². The molecule has 0 saturated carbocycles. The van der Waals surface area contributed by atoms with Crippen molar-refractivity contribution in [2.24, 2.45) is 0 Å². The minimum absolute atomic E-state index is 0.0565. The highest BCUT2D eigenvalue weighted by atomic mass is 19.4. The van der Waals surface area contributed by atoms with Gasteiger partial charge in [0, 0.05) is 25.8 Å². The molecule has 1 aromatic heterocycles. The van der Waals surface area contributed by atoms with Gasteiger partial charge in [0.15, 0.2) is 11.5 Å². The fourth-order valence-electron chi connectivity index (χ4n) is 3.39. The molecular formula is C21H24F3N3O4. The topological polar surface area (TPSA) is 72.9 Å². The second-order valence-electron chi connectivity index (χ2n) is 6.92. The summed E-state index contributed by atoms with van der Waals surface area (Å²) >= 11 is 0. The Morgan fingerprint density at radius 2 is 1.87 bits per heavy atom. The number of aromatic nitrogens is 1. The Labute approximate surface area is 178 Å². The molecule has 7 nitrogen and oxygen atoms in total. The van der Waals surface area contributed by atoms with Crippen LogP contribution in [0.4, 0.5) is 13.2 Å². The first-order valence-corrected chi connectivity index (χ1v) is 9.68. The van der Waals surface area contributed by atoms with E-state index in [1.54, 1.807) is 20.3 Å². The van der Waals surface area contributed by atoms with Crippen LogP contribution in [0.5, 0.6) is 11.5 Å². The molecule has 1 fully saturated rings. The maximum Gasteiger partial charge on any atom is 0.433 e. The first kappa shape index (κ1) is 22.8. The Morgan fingerprint density at radius 3 is 2.45 bits per heavy atom. The molecule has 0 spiro atoms. The van der Waals surface area contributed by atoms with Gasteiger partial charge in [0.05, 0.1) is 39.0 Å². The van der Waals surface area contributed by atoms with Crippen molar-refractivity contribution in [3.05, 3.63) is 53.3 Å². The number of rotatable bonds is 7. The van der Waals surface area contributed by atoms with Crippen LogP contribution in [0.1, 0.15) is 27.7 Å². The Bertz CT molecular complexity index is 884. The maximum absolute atomic E-state index is 12.7. The quantitative estimate of drug-likeness (QED) is 0.715. The number of carbonyl (C=O) groups is 1. The van der Waals surface area contributed by atoms with Crippen molar-refractivity contribution in [3.8, 4) is 11.5 Å². The van der Waals surface area contributed by atoms with Crippen molar-refractivity contribution in [1.29, 1.82) is 0 Å². The van der Waals surface area contributed by atoms with Crippen LogP contribution in [0.15, 0.2) is 36.5 Å². The van der Waals surface area contributed by atoms with Crippen LogP contribution in [0, 0.1) is 0 Å².